The maximum Gasteiger partial charge on any atom is 0.237 e. The Balaban J connectivity index is 1.30. The van der Waals surface area contributed by atoms with Gasteiger partial charge < -0.3 is 14.6 Å². The summed E-state index contributed by atoms with van der Waals surface area (Å²) in [5, 5.41) is 7.07. The molecule has 3 aromatic rings. The van der Waals surface area contributed by atoms with Crippen molar-refractivity contribution in [2.75, 3.05) is 26.7 Å². The third-order valence-corrected chi connectivity index (χ3v) is 6.13. The number of nitrogens with one attached hydrogen (secondary N) is 1. The normalized spacial score (nSPS) is 17.5. The highest BCUT2D eigenvalue weighted by molar-refractivity contribution is 5.81. The molecule has 7 nitrogen and oxygen atoms in total. The topological polar surface area (TPSA) is 80.5 Å². The van der Waals surface area contributed by atoms with Crippen LogP contribution in [0.2, 0.25) is 0 Å². The van der Waals surface area contributed by atoms with Crippen LogP contribution < -0.4 is 10.1 Å². The Kier molecular flexibility index (Phi) is 7.34. The number of benzene rings is 2. The molecule has 2 aromatic carbocycles. The molecule has 1 saturated heterocycles. The molecule has 2 heterocycles. The molecule has 4 rings (SSSR count). The summed E-state index contributed by atoms with van der Waals surface area (Å²) in [4.78, 5) is 19.4. The average molecular weight is 453 g/mol. The molecule has 1 aliphatic rings. The van der Waals surface area contributed by atoms with E-state index in [-0.39, 0.29) is 23.7 Å². The van der Waals surface area contributed by atoms with Crippen molar-refractivity contribution in [3.05, 3.63) is 65.8 Å². The molecule has 33 heavy (non-hydrogen) atoms. The third kappa shape index (κ3) is 5.76. The van der Waals surface area contributed by atoms with Gasteiger partial charge >= 0.3 is 0 Å². The van der Waals surface area contributed by atoms with Gasteiger partial charge in [0.2, 0.25) is 17.6 Å². The zero-order chi connectivity index (χ0) is 23.2. The molecule has 1 aliphatic heterocycles. The lowest BCUT2D eigenvalue weighted by atomic mass is 9.96. The molecular weight excluding hydrogens is 423 g/mol. The highest BCUT2D eigenvalue weighted by atomic mass is 19.1. The number of halogens is 1. The van der Waals surface area contributed by atoms with E-state index in [4.69, 9.17) is 9.26 Å². The van der Waals surface area contributed by atoms with Crippen molar-refractivity contribution >= 4 is 5.91 Å². The second-order valence-electron chi connectivity index (χ2n) is 8.37. The van der Waals surface area contributed by atoms with E-state index in [1.807, 2.05) is 31.2 Å². The summed E-state index contributed by atoms with van der Waals surface area (Å²) in [6.45, 7) is 4.01. The van der Waals surface area contributed by atoms with Gasteiger partial charge in [-0.2, -0.15) is 4.98 Å². The number of ether oxygens (including phenoxy) is 1. The van der Waals surface area contributed by atoms with Crippen LogP contribution in [-0.4, -0.2) is 53.7 Å². The van der Waals surface area contributed by atoms with Gasteiger partial charge in [0.15, 0.2) is 0 Å². The van der Waals surface area contributed by atoms with Crippen LogP contribution in [-0.2, 0) is 11.2 Å². The molecule has 2 unspecified atom stereocenters. The maximum atomic E-state index is 13.5. The number of rotatable bonds is 8. The number of hydrogen-bond acceptors (Lipinski definition) is 6. The summed E-state index contributed by atoms with van der Waals surface area (Å²) in [5.41, 5.74) is 1.73. The molecule has 0 aliphatic carbocycles. The fourth-order valence-corrected chi connectivity index (χ4v) is 4.14. The summed E-state index contributed by atoms with van der Waals surface area (Å²) >= 11 is 0. The lowest BCUT2D eigenvalue weighted by Crippen LogP contribution is -2.49. The van der Waals surface area contributed by atoms with Crippen LogP contribution in [0.3, 0.4) is 0 Å². The molecule has 0 radical (unpaired) electrons. The second kappa shape index (κ2) is 10.6. The van der Waals surface area contributed by atoms with E-state index in [0.717, 1.165) is 37.1 Å². The van der Waals surface area contributed by atoms with Crippen LogP contribution in [0.4, 0.5) is 4.39 Å². The fraction of sp³-hybridized carbons (Fsp3) is 0.400. The Labute approximate surface area is 192 Å². The number of nitrogens with zero attached hydrogens (tertiary/aromatic N) is 3. The van der Waals surface area contributed by atoms with E-state index in [0.29, 0.717) is 30.4 Å². The number of piperidine rings is 1. The van der Waals surface area contributed by atoms with E-state index in [9.17, 15) is 9.18 Å². The number of carbonyl (C=O) groups excluding carboxylic acids is 1. The summed E-state index contributed by atoms with van der Waals surface area (Å²) in [6.07, 6.45) is 2.61. The number of hydrogen-bond donors (Lipinski definition) is 1. The minimum absolute atomic E-state index is 0.00939. The van der Waals surface area contributed by atoms with Crippen LogP contribution in [0.1, 0.15) is 37.1 Å². The van der Waals surface area contributed by atoms with Gasteiger partial charge in [-0.25, -0.2) is 4.39 Å². The molecule has 0 spiro atoms. The summed E-state index contributed by atoms with van der Waals surface area (Å²) < 4.78 is 24.2. The van der Waals surface area contributed by atoms with Gasteiger partial charge in [0.25, 0.3) is 0 Å². The van der Waals surface area contributed by atoms with Crippen LogP contribution in [0.15, 0.2) is 53.1 Å². The Bertz CT molecular complexity index is 1070. The Morgan fingerprint density at radius 3 is 2.88 bits per heavy atom. The quantitative estimate of drug-likeness (QED) is 0.560. The first kappa shape index (κ1) is 22.9. The summed E-state index contributed by atoms with van der Waals surface area (Å²) in [7, 11) is 1.64. The number of amides is 1. The summed E-state index contributed by atoms with van der Waals surface area (Å²) in [6, 6.07) is 13.7. The Hall–Kier alpha value is -3.26. The number of carbonyl (C=O) groups is 1. The monoisotopic (exact) mass is 452 g/mol. The largest absolute Gasteiger partial charge is 0.497 e. The van der Waals surface area contributed by atoms with E-state index in [1.54, 1.807) is 19.2 Å². The molecule has 0 bridgehead atoms. The third-order valence-electron chi connectivity index (χ3n) is 6.13. The summed E-state index contributed by atoms with van der Waals surface area (Å²) in [5.74, 6) is 1.45. The van der Waals surface area contributed by atoms with Crippen molar-refractivity contribution in [1.29, 1.82) is 0 Å². The van der Waals surface area contributed by atoms with Crippen molar-refractivity contribution in [2.24, 2.45) is 0 Å². The average Bonchev–Trinajstić information content (AvgIpc) is 3.34. The first-order chi connectivity index (χ1) is 16.0. The van der Waals surface area contributed by atoms with Gasteiger partial charge in [-0.15, -0.1) is 0 Å². The van der Waals surface area contributed by atoms with E-state index >= 15 is 0 Å². The molecule has 1 aromatic heterocycles. The lowest BCUT2D eigenvalue weighted by Gasteiger charge is -2.34. The van der Waals surface area contributed by atoms with E-state index in [1.165, 1.54) is 12.1 Å². The van der Waals surface area contributed by atoms with Gasteiger partial charge in [-0.05, 0) is 62.6 Å². The van der Waals surface area contributed by atoms with Crippen molar-refractivity contribution in [3.63, 3.8) is 0 Å². The molecule has 1 fully saturated rings. The molecule has 174 valence electrons. The van der Waals surface area contributed by atoms with Crippen molar-refractivity contribution in [2.45, 2.75) is 38.1 Å². The SMILES string of the molecule is COc1ccc(CCNC(=O)C(C)N2CCCC(c3nc(-c4cccc(F)c4)no3)C2)cc1. The molecule has 1 amide bonds. The number of methoxy groups -OCH3 is 1. The molecule has 8 heteroatoms. The van der Waals surface area contributed by atoms with Crippen LogP contribution in [0.5, 0.6) is 5.75 Å². The van der Waals surface area contributed by atoms with E-state index in [2.05, 4.69) is 20.4 Å². The lowest BCUT2D eigenvalue weighted by molar-refractivity contribution is -0.126. The van der Waals surface area contributed by atoms with Gasteiger partial charge in [0.1, 0.15) is 11.6 Å². The Morgan fingerprint density at radius 2 is 2.12 bits per heavy atom. The predicted molar refractivity (Wildman–Crippen MR) is 122 cm³/mol. The van der Waals surface area contributed by atoms with Gasteiger partial charge in [-0.1, -0.05) is 29.4 Å². The molecule has 1 N–H and O–H groups in total. The molecular formula is C25H29FN4O3. The van der Waals surface area contributed by atoms with Crippen LogP contribution >= 0.6 is 0 Å². The first-order valence-corrected chi connectivity index (χ1v) is 11.3. The zero-order valence-corrected chi connectivity index (χ0v) is 19.0. The minimum atomic E-state index is -0.338. The first-order valence-electron chi connectivity index (χ1n) is 11.3. The van der Waals surface area contributed by atoms with Crippen molar-refractivity contribution in [1.82, 2.24) is 20.4 Å². The fourth-order valence-electron chi connectivity index (χ4n) is 4.14. The van der Waals surface area contributed by atoms with Gasteiger partial charge in [0.05, 0.1) is 19.1 Å². The van der Waals surface area contributed by atoms with Gasteiger partial charge in [0, 0.05) is 18.7 Å². The molecule has 0 saturated carbocycles. The van der Waals surface area contributed by atoms with Gasteiger partial charge in [-0.3, -0.25) is 9.69 Å². The maximum absolute atomic E-state index is 13.5. The van der Waals surface area contributed by atoms with Crippen molar-refractivity contribution < 1.29 is 18.4 Å². The standard InChI is InChI=1S/C25H29FN4O3/c1-17(24(31)27-13-12-18-8-10-22(32-2)11-9-18)30-14-4-6-20(16-30)25-28-23(29-33-25)19-5-3-7-21(26)15-19/h3,5,7-11,15,17,20H,4,6,12-14,16H2,1-2H3,(H,27,31). The predicted octanol–water partition coefficient (Wildman–Crippen LogP) is 3.81. The second-order valence-corrected chi connectivity index (χ2v) is 8.37. The highest BCUT2D eigenvalue weighted by Crippen LogP contribution is 2.28. The van der Waals surface area contributed by atoms with Crippen LogP contribution in [0, 0.1) is 5.82 Å². The van der Waals surface area contributed by atoms with E-state index < -0.39 is 0 Å². The molecule has 2 atom stereocenters. The number of likely N-dealkylation sites (tertiary alicyclic amines) is 1. The zero-order valence-electron chi connectivity index (χ0n) is 19.0. The smallest absolute Gasteiger partial charge is 0.237 e. The highest BCUT2D eigenvalue weighted by Gasteiger charge is 2.31. The number of aromatic nitrogens is 2. The Morgan fingerprint density at radius 1 is 1.30 bits per heavy atom. The minimum Gasteiger partial charge on any atom is -0.497 e. The van der Waals surface area contributed by atoms with Crippen molar-refractivity contribution in [3.8, 4) is 17.1 Å². The van der Waals surface area contributed by atoms with Crippen LogP contribution in [0.25, 0.3) is 11.4 Å².